The molecule has 3 nitrogen and oxygen atoms in total. The van der Waals surface area contributed by atoms with E-state index in [2.05, 4.69) is 0 Å². The van der Waals surface area contributed by atoms with Gasteiger partial charge in [-0.1, -0.05) is 30.1 Å². The first kappa shape index (κ1) is 11.1. The summed E-state index contributed by atoms with van der Waals surface area (Å²) in [6.45, 7) is 1.81. The van der Waals surface area contributed by atoms with Gasteiger partial charge in [0.05, 0.1) is 15.6 Å². The van der Waals surface area contributed by atoms with Crippen molar-refractivity contribution in [3.63, 3.8) is 0 Å². The van der Waals surface area contributed by atoms with E-state index < -0.39 is 5.97 Å². The second-order valence-electron chi connectivity index (χ2n) is 2.72. The topological polar surface area (TPSA) is 57.5 Å². The van der Waals surface area contributed by atoms with Crippen LogP contribution >= 0.6 is 23.2 Å². The van der Waals surface area contributed by atoms with Crippen molar-refractivity contribution in [2.75, 3.05) is 0 Å². The molecule has 0 aromatic heterocycles. The van der Waals surface area contributed by atoms with Crippen molar-refractivity contribution in [1.29, 1.82) is 0 Å². The molecule has 1 aromatic rings. The third kappa shape index (κ3) is 1.79. The molecule has 0 aliphatic heterocycles. The van der Waals surface area contributed by atoms with Crippen LogP contribution in [0.2, 0.25) is 10.0 Å². The second-order valence-corrected chi connectivity index (χ2v) is 3.47. The van der Waals surface area contributed by atoms with E-state index in [0.29, 0.717) is 12.0 Å². The van der Waals surface area contributed by atoms with Gasteiger partial charge in [-0.05, 0) is 18.1 Å². The predicted octanol–water partition coefficient (Wildman–Crippen LogP) is 2.96. The normalized spacial score (nSPS) is 10.2. The Kier molecular flexibility index (Phi) is 3.24. The van der Waals surface area contributed by atoms with E-state index in [-0.39, 0.29) is 21.4 Å². The Labute approximate surface area is 90.9 Å². The molecule has 0 fully saturated rings. The van der Waals surface area contributed by atoms with Gasteiger partial charge < -0.3 is 10.2 Å². The number of carboxylic acids is 1. The lowest BCUT2D eigenvalue weighted by atomic mass is 10.1. The van der Waals surface area contributed by atoms with Crippen LogP contribution in [0.3, 0.4) is 0 Å². The molecule has 0 saturated heterocycles. The highest BCUT2D eigenvalue weighted by Crippen LogP contribution is 2.37. The number of phenols is 1. The van der Waals surface area contributed by atoms with Gasteiger partial charge >= 0.3 is 5.97 Å². The number of phenolic OH excluding ortho intramolecular Hbond substituents is 1. The van der Waals surface area contributed by atoms with Gasteiger partial charge in [-0.15, -0.1) is 0 Å². The maximum atomic E-state index is 10.7. The molecule has 0 aliphatic rings. The molecule has 76 valence electrons. The number of aryl methyl sites for hydroxylation is 1. The number of hydrogen-bond acceptors (Lipinski definition) is 2. The van der Waals surface area contributed by atoms with E-state index in [1.165, 1.54) is 6.07 Å². The zero-order chi connectivity index (χ0) is 10.9. The fourth-order valence-electron chi connectivity index (χ4n) is 1.09. The predicted molar refractivity (Wildman–Crippen MR) is 54.5 cm³/mol. The summed E-state index contributed by atoms with van der Waals surface area (Å²) in [6, 6.07) is 1.37. The summed E-state index contributed by atoms with van der Waals surface area (Å²) in [5.41, 5.74) is 0.427. The molecule has 0 amide bonds. The molecule has 14 heavy (non-hydrogen) atoms. The van der Waals surface area contributed by atoms with Crippen LogP contribution in [0.25, 0.3) is 0 Å². The van der Waals surface area contributed by atoms with E-state index in [1.807, 2.05) is 0 Å². The van der Waals surface area contributed by atoms with Crippen LogP contribution in [-0.4, -0.2) is 16.2 Å². The van der Waals surface area contributed by atoms with E-state index in [0.717, 1.165) is 0 Å². The summed E-state index contributed by atoms with van der Waals surface area (Å²) in [5.74, 6) is -1.55. The zero-order valence-corrected chi connectivity index (χ0v) is 8.85. The van der Waals surface area contributed by atoms with Gasteiger partial charge in [0.25, 0.3) is 0 Å². The van der Waals surface area contributed by atoms with Gasteiger partial charge in [0.2, 0.25) is 0 Å². The Morgan fingerprint density at radius 2 is 2.00 bits per heavy atom. The number of rotatable bonds is 2. The number of hydrogen-bond donors (Lipinski definition) is 2. The zero-order valence-electron chi connectivity index (χ0n) is 7.34. The van der Waals surface area contributed by atoms with E-state index in [1.54, 1.807) is 6.92 Å². The number of carboxylic acid groups (broad SMARTS) is 1. The third-order valence-corrected chi connectivity index (χ3v) is 2.67. The average molecular weight is 235 g/mol. The summed E-state index contributed by atoms with van der Waals surface area (Å²) in [7, 11) is 0. The number of benzene rings is 1. The van der Waals surface area contributed by atoms with Crippen molar-refractivity contribution >= 4 is 29.2 Å². The van der Waals surface area contributed by atoms with Crippen LogP contribution in [0.4, 0.5) is 0 Å². The molecule has 5 heteroatoms. The van der Waals surface area contributed by atoms with Crippen molar-refractivity contribution in [3.8, 4) is 5.75 Å². The highest BCUT2D eigenvalue weighted by atomic mass is 35.5. The summed E-state index contributed by atoms with van der Waals surface area (Å²) in [5, 5.41) is 18.1. The van der Waals surface area contributed by atoms with Crippen molar-refractivity contribution in [1.82, 2.24) is 0 Å². The van der Waals surface area contributed by atoms with Crippen LogP contribution in [0, 0.1) is 0 Å². The van der Waals surface area contributed by atoms with Crippen molar-refractivity contribution in [2.24, 2.45) is 0 Å². The van der Waals surface area contributed by atoms with Crippen molar-refractivity contribution in [2.45, 2.75) is 13.3 Å². The molecule has 0 bridgehead atoms. The van der Waals surface area contributed by atoms with E-state index in [4.69, 9.17) is 28.3 Å². The van der Waals surface area contributed by atoms with Gasteiger partial charge in [0.1, 0.15) is 0 Å². The third-order valence-electron chi connectivity index (χ3n) is 1.86. The van der Waals surface area contributed by atoms with Crippen LogP contribution < -0.4 is 0 Å². The average Bonchev–Trinajstić information content (AvgIpc) is 2.14. The minimum Gasteiger partial charge on any atom is -0.505 e. The highest BCUT2D eigenvalue weighted by Gasteiger charge is 2.17. The standard InChI is InChI=1S/C9H8Cl2O3/c1-2-4-3-5(9(13)14)7(11)8(12)6(4)10/h3,12H,2H2,1H3,(H,13,14). The molecule has 2 N–H and O–H groups in total. The molecular formula is C9H8Cl2O3. The Bertz CT molecular complexity index is 388. The maximum Gasteiger partial charge on any atom is 0.337 e. The fourth-order valence-corrected chi connectivity index (χ4v) is 1.65. The van der Waals surface area contributed by atoms with Crippen molar-refractivity contribution < 1.29 is 15.0 Å². The Hall–Kier alpha value is -0.930. The van der Waals surface area contributed by atoms with Gasteiger partial charge in [0, 0.05) is 0 Å². The molecule has 1 aromatic carbocycles. The fraction of sp³-hybridized carbons (Fsp3) is 0.222. The number of halogens is 2. The molecule has 0 spiro atoms. The van der Waals surface area contributed by atoms with Gasteiger partial charge in [-0.2, -0.15) is 0 Å². The number of aromatic carboxylic acids is 1. The molecule has 0 unspecified atom stereocenters. The van der Waals surface area contributed by atoms with Crippen LogP contribution in [-0.2, 0) is 6.42 Å². The SMILES string of the molecule is CCc1cc(C(=O)O)c(Cl)c(O)c1Cl. The summed E-state index contributed by atoms with van der Waals surface area (Å²) in [6.07, 6.45) is 0.532. The minimum atomic E-state index is -1.18. The molecule has 0 heterocycles. The van der Waals surface area contributed by atoms with Gasteiger partial charge in [-0.25, -0.2) is 4.79 Å². The lowest BCUT2D eigenvalue weighted by Crippen LogP contribution is -2.00. The number of carbonyl (C=O) groups is 1. The van der Waals surface area contributed by atoms with Crippen LogP contribution in [0.15, 0.2) is 6.07 Å². The highest BCUT2D eigenvalue weighted by molar-refractivity contribution is 6.39. The maximum absolute atomic E-state index is 10.7. The van der Waals surface area contributed by atoms with Crippen molar-refractivity contribution in [3.05, 3.63) is 27.2 Å². The van der Waals surface area contributed by atoms with Crippen LogP contribution in [0.1, 0.15) is 22.8 Å². The largest absolute Gasteiger partial charge is 0.505 e. The lowest BCUT2D eigenvalue weighted by Gasteiger charge is -2.08. The Morgan fingerprint density at radius 3 is 2.43 bits per heavy atom. The molecular weight excluding hydrogens is 227 g/mol. The van der Waals surface area contributed by atoms with Gasteiger partial charge in [-0.3, -0.25) is 0 Å². The second kappa shape index (κ2) is 4.07. The first-order valence-corrected chi connectivity index (χ1v) is 4.67. The molecule has 1 rings (SSSR count). The molecule has 0 radical (unpaired) electrons. The van der Waals surface area contributed by atoms with E-state index >= 15 is 0 Å². The first-order valence-electron chi connectivity index (χ1n) is 3.92. The molecule has 0 saturated carbocycles. The summed E-state index contributed by atoms with van der Waals surface area (Å²) < 4.78 is 0. The Morgan fingerprint density at radius 1 is 1.43 bits per heavy atom. The summed E-state index contributed by atoms with van der Waals surface area (Å²) in [4.78, 5) is 10.7. The molecule has 0 aliphatic carbocycles. The monoisotopic (exact) mass is 234 g/mol. The van der Waals surface area contributed by atoms with Crippen LogP contribution in [0.5, 0.6) is 5.75 Å². The smallest absolute Gasteiger partial charge is 0.337 e. The van der Waals surface area contributed by atoms with E-state index in [9.17, 15) is 9.90 Å². The lowest BCUT2D eigenvalue weighted by molar-refractivity contribution is 0.0696. The summed E-state index contributed by atoms with van der Waals surface area (Å²) >= 11 is 11.4. The first-order chi connectivity index (χ1) is 6.49. The number of aromatic hydroxyl groups is 1. The Balaban J connectivity index is 3.48. The molecule has 0 atom stereocenters. The van der Waals surface area contributed by atoms with Gasteiger partial charge in [0.15, 0.2) is 5.75 Å². The minimum absolute atomic E-state index is 0.113. The quantitative estimate of drug-likeness (QED) is 0.828.